The second-order valence-electron chi connectivity index (χ2n) is 5.21. The van der Waals surface area contributed by atoms with Crippen molar-refractivity contribution in [1.29, 1.82) is 0 Å². The molecule has 1 aromatic heterocycles. The van der Waals surface area contributed by atoms with Gasteiger partial charge in [0.1, 0.15) is 0 Å². The molecule has 0 spiro atoms. The fourth-order valence-electron chi connectivity index (χ4n) is 2.91. The Morgan fingerprint density at radius 2 is 2.15 bits per heavy atom. The van der Waals surface area contributed by atoms with Crippen LogP contribution < -0.4 is 0 Å². The predicted molar refractivity (Wildman–Crippen MR) is 84.3 cm³/mol. The summed E-state index contributed by atoms with van der Waals surface area (Å²) in [4.78, 5) is 3.77. The van der Waals surface area contributed by atoms with Gasteiger partial charge in [0.2, 0.25) is 0 Å². The van der Waals surface area contributed by atoms with Gasteiger partial charge in [-0.2, -0.15) is 0 Å². The third-order valence-corrected chi connectivity index (χ3v) is 5.22. The Bertz CT molecular complexity index is 557. The molecule has 1 aliphatic rings. The van der Waals surface area contributed by atoms with Gasteiger partial charge in [-0.05, 0) is 36.9 Å². The van der Waals surface area contributed by atoms with Gasteiger partial charge in [-0.1, -0.05) is 35.9 Å². The lowest BCUT2D eigenvalue weighted by Crippen LogP contribution is -2.28. The SMILES string of the molecule is O[C@@H](CN1CCC[C@H]1c1cccs1)c1ccccc1Cl. The number of β-amino-alcohol motifs (C(OH)–C–C–N with tert-alkyl or cyclic N) is 1. The van der Waals surface area contributed by atoms with E-state index in [1.54, 1.807) is 11.3 Å². The third kappa shape index (κ3) is 2.91. The first kappa shape index (κ1) is 14.1. The van der Waals surface area contributed by atoms with E-state index in [2.05, 4.69) is 22.4 Å². The molecule has 20 heavy (non-hydrogen) atoms. The number of likely N-dealkylation sites (tertiary alicyclic amines) is 1. The Labute approximate surface area is 128 Å². The lowest BCUT2D eigenvalue weighted by Gasteiger charge is -2.26. The van der Waals surface area contributed by atoms with Crippen LogP contribution in [-0.4, -0.2) is 23.1 Å². The molecule has 0 bridgehead atoms. The number of hydrogen-bond acceptors (Lipinski definition) is 3. The Hall–Kier alpha value is -0.870. The number of halogens is 1. The Balaban J connectivity index is 1.72. The molecule has 1 fully saturated rings. The van der Waals surface area contributed by atoms with Crippen molar-refractivity contribution in [3.05, 3.63) is 57.2 Å². The Morgan fingerprint density at radius 3 is 2.90 bits per heavy atom. The van der Waals surface area contributed by atoms with E-state index < -0.39 is 6.10 Å². The van der Waals surface area contributed by atoms with Gasteiger partial charge in [0.15, 0.2) is 0 Å². The van der Waals surface area contributed by atoms with Crippen molar-refractivity contribution in [3.63, 3.8) is 0 Å². The van der Waals surface area contributed by atoms with Crippen molar-refractivity contribution in [1.82, 2.24) is 4.90 Å². The summed E-state index contributed by atoms with van der Waals surface area (Å²) in [5, 5.41) is 13.2. The molecule has 0 radical (unpaired) electrons. The van der Waals surface area contributed by atoms with Crippen LogP contribution >= 0.6 is 22.9 Å². The maximum atomic E-state index is 10.5. The highest BCUT2D eigenvalue weighted by atomic mass is 35.5. The average Bonchev–Trinajstić information content (AvgIpc) is 3.09. The number of aliphatic hydroxyl groups excluding tert-OH is 1. The van der Waals surface area contributed by atoms with Gasteiger partial charge in [0, 0.05) is 28.0 Å². The summed E-state index contributed by atoms with van der Waals surface area (Å²) >= 11 is 7.96. The Kier molecular flexibility index (Phi) is 4.41. The van der Waals surface area contributed by atoms with Gasteiger partial charge in [0.25, 0.3) is 0 Å². The van der Waals surface area contributed by atoms with Gasteiger partial charge in [-0.25, -0.2) is 0 Å². The molecule has 1 saturated heterocycles. The summed E-state index contributed by atoms with van der Waals surface area (Å²) in [7, 11) is 0. The molecule has 2 atom stereocenters. The second-order valence-corrected chi connectivity index (χ2v) is 6.59. The molecule has 0 unspecified atom stereocenters. The molecular weight excluding hydrogens is 290 g/mol. The van der Waals surface area contributed by atoms with Crippen LogP contribution in [0.3, 0.4) is 0 Å². The van der Waals surface area contributed by atoms with E-state index >= 15 is 0 Å². The van der Waals surface area contributed by atoms with Crippen LogP contribution in [0.25, 0.3) is 0 Å². The smallest absolute Gasteiger partial charge is 0.0931 e. The zero-order chi connectivity index (χ0) is 13.9. The topological polar surface area (TPSA) is 23.5 Å². The molecule has 1 aliphatic heterocycles. The highest BCUT2D eigenvalue weighted by molar-refractivity contribution is 7.10. The molecule has 3 rings (SSSR count). The number of thiophene rings is 1. The van der Waals surface area contributed by atoms with Gasteiger partial charge in [-0.3, -0.25) is 4.90 Å². The monoisotopic (exact) mass is 307 g/mol. The van der Waals surface area contributed by atoms with E-state index in [4.69, 9.17) is 11.6 Å². The van der Waals surface area contributed by atoms with Crippen LogP contribution in [0.2, 0.25) is 5.02 Å². The van der Waals surface area contributed by atoms with Crippen molar-refractivity contribution >= 4 is 22.9 Å². The molecule has 1 N–H and O–H groups in total. The molecule has 2 aromatic rings. The van der Waals surface area contributed by atoms with Crippen molar-refractivity contribution in [2.45, 2.75) is 25.0 Å². The first-order valence-corrected chi connectivity index (χ1v) is 8.21. The van der Waals surface area contributed by atoms with Gasteiger partial charge in [-0.15, -0.1) is 11.3 Å². The van der Waals surface area contributed by atoms with Crippen molar-refractivity contribution in [2.24, 2.45) is 0 Å². The minimum Gasteiger partial charge on any atom is -0.387 e. The van der Waals surface area contributed by atoms with Crippen LogP contribution in [0.1, 0.15) is 35.4 Å². The molecule has 1 aromatic carbocycles. The average molecular weight is 308 g/mol. The summed E-state index contributed by atoms with van der Waals surface area (Å²) in [6.07, 6.45) is 1.84. The van der Waals surface area contributed by atoms with Crippen molar-refractivity contribution < 1.29 is 5.11 Å². The fraction of sp³-hybridized carbons (Fsp3) is 0.375. The molecule has 0 amide bonds. The molecule has 0 aliphatic carbocycles. The van der Waals surface area contributed by atoms with E-state index in [1.807, 2.05) is 24.3 Å². The fourth-order valence-corrected chi connectivity index (χ4v) is 4.07. The second kappa shape index (κ2) is 6.27. The van der Waals surface area contributed by atoms with E-state index in [-0.39, 0.29) is 0 Å². The molecular formula is C16H18ClNOS. The van der Waals surface area contributed by atoms with E-state index in [0.29, 0.717) is 17.6 Å². The number of hydrogen-bond donors (Lipinski definition) is 1. The lowest BCUT2D eigenvalue weighted by molar-refractivity contribution is 0.107. The number of nitrogens with zero attached hydrogens (tertiary/aromatic N) is 1. The van der Waals surface area contributed by atoms with Gasteiger partial charge >= 0.3 is 0 Å². The van der Waals surface area contributed by atoms with E-state index in [1.165, 1.54) is 17.7 Å². The summed E-state index contributed by atoms with van der Waals surface area (Å²) in [5.74, 6) is 0. The zero-order valence-corrected chi connectivity index (χ0v) is 12.8. The summed E-state index contributed by atoms with van der Waals surface area (Å²) < 4.78 is 0. The van der Waals surface area contributed by atoms with Crippen molar-refractivity contribution in [2.75, 3.05) is 13.1 Å². The van der Waals surface area contributed by atoms with Crippen molar-refractivity contribution in [3.8, 4) is 0 Å². The van der Waals surface area contributed by atoms with Crippen LogP contribution in [-0.2, 0) is 0 Å². The zero-order valence-electron chi connectivity index (χ0n) is 11.2. The van der Waals surface area contributed by atoms with Crippen LogP contribution in [0.15, 0.2) is 41.8 Å². The standard InChI is InChI=1S/C16H18ClNOS/c17-13-6-2-1-5-12(13)15(19)11-18-9-3-7-14(18)16-8-4-10-20-16/h1-2,4-6,8,10,14-15,19H,3,7,9,11H2/t14-,15-/m0/s1. The molecule has 106 valence electrons. The van der Waals surface area contributed by atoms with Crippen LogP contribution in [0.4, 0.5) is 0 Å². The number of benzene rings is 1. The highest BCUT2D eigenvalue weighted by Gasteiger charge is 2.28. The summed E-state index contributed by atoms with van der Waals surface area (Å²) in [5.41, 5.74) is 0.825. The van der Waals surface area contributed by atoms with E-state index in [0.717, 1.165) is 12.1 Å². The minimum absolute atomic E-state index is 0.451. The largest absolute Gasteiger partial charge is 0.387 e. The summed E-state index contributed by atoms with van der Waals surface area (Å²) in [6.45, 7) is 1.69. The maximum absolute atomic E-state index is 10.5. The molecule has 4 heteroatoms. The minimum atomic E-state index is -0.524. The molecule has 0 saturated carbocycles. The third-order valence-electron chi connectivity index (χ3n) is 3.91. The van der Waals surface area contributed by atoms with Gasteiger partial charge < -0.3 is 5.11 Å². The molecule has 2 heterocycles. The number of rotatable bonds is 4. The Morgan fingerprint density at radius 1 is 1.30 bits per heavy atom. The maximum Gasteiger partial charge on any atom is 0.0931 e. The highest BCUT2D eigenvalue weighted by Crippen LogP contribution is 2.36. The number of aliphatic hydroxyl groups is 1. The normalized spacial score (nSPS) is 21.2. The molecule has 2 nitrogen and oxygen atoms in total. The predicted octanol–water partition coefficient (Wildman–Crippen LogP) is 4.27. The van der Waals surface area contributed by atoms with Gasteiger partial charge in [0.05, 0.1) is 6.10 Å². The quantitative estimate of drug-likeness (QED) is 0.911. The van der Waals surface area contributed by atoms with Crippen LogP contribution in [0, 0.1) is 0 Å². The van der Waals surface area contributed by atoms with Crippen LogP contribution in [0.5, 0.6) is 0 Å². The summed E-state index contributed by atoms with van der Waals surface area (Å²) in [6, 6.07) is 12.3. The van der Waals surface area contributed by atoms with E-state index in [9.17, 15) is 5.11 Å². The first-order valence-electron chi connectivity index (χ1n) is 6.95. The first-order chi connectivity index (χ1) is 9.75. The lowest BCUT2D eigenvalue weighted by atomic mass is 10.1.